The summed E-state index contributed by atoms with van der Waals surface area (Å²) in [6.45, 7) is 2.14. The van der Waals surface area contributed by atoms with Crippen molar-refractivity contribution >= 4 is 22.7 Å². The molecule has 1 fully saturated rings. The number of pyridine rings is 1. The SMILES string of the molecule is COc1ccc(OC)c(C(=O)N2CCC(CCCCNC(=O)c3cc4cnccc4[nH]3)CC2)c1. The van der Waals surface area contributed by atoms with E-state index in [2.05, 4.69) is 15.3 Å². The van der Waals surface area contributed by atoms with Crippen molar-refractivity contribution in [1.29, 1.82) is 0 Å². The van der Waals surface area contributed by atoms with Crippen LogP contribution in [0.1, 0.15) is 53.0 Å². The Kier molecular flexibility index (Phi) is 7.67. The van der Waals surface area contributed by atoms with Crippen molar-refractivity contribution in [2.45, 2.75) is 32.1 Å². The lowest BCUT2D eigenvalue weighted by Gasteiger charge is -2.32. The molecule has 1 aliphatic heterocycles. The normalized spacial score (nSPS) is 14.2. The molecular weight excluding hydrogens is 432 g/mol. The minimum absolute atomic E-state index is 0.00956. The Balaban J connectivity index is 1.17. The van der Waals surface area contributed by atoms with Gasteiger partial charge in [-0.1, -0.05) is 12.8 Å². The molecule has 0 saturated carbocycles. The van der Waals surface area contributed by atoms with Crippen LogP contribution in [0, 0.1) is 5.92 Å². The molecule has 34 heavy (non-hydrogen) atoms. The van der Waals surface area contributed by atoms with Gasteiger partial charge in [0.05, 0.1) is 19.8 Å². The van der Waals surface area contributed by atoms with Crippen LogP contribution in [0.3, 0.4) is 0 Å². The summed E-state index contributed by atoms with van der Waals surface area (Å²) in [5, 5.41) is 3.93. The number of carbonyl (C=O) groups is 2. The highest BCUT2D eigenvalue weighted by atomic mass is 16.5. The van der Waals surface area contributed by atoms with E-state index in [1.165, 1.54) is 0 Å². The fourth-order valence-electron chi connectivity index (χ4n) is 4.53. The number of nitrogens with zero attached hydrogens (tertiary/aromatic N) is 2. The third-order valence-electron chi connectivity index (χ3n) is 6.53. The smallest absolute Gasteiger partial charge is 0.267 e. The Bertz CT molecular complexity index is 1100. The van der Waals surface area contributed by atoms with Crippen molar-refractivity contribution in [3.05, 3.63) is 54.0 Å². The van der Waals surface area contributed by atoms with E-state index in [-0.39, 0.29) is 11.8 Å². The maximum atomic E-state index is 13.0. The monoisotopic (exact) mass is 464 g/mol. The number of benzene rings is 1. The topological polar surface area (TPSA) is 96.6 Å². The first-order chi connectivity index (χ1) is 16.6. The number of amides is 2. The summed E-state index contributed by atoms with van der Waals surface area (Å²) in [7, 11) is 3.16. The van der Waals surface area contributed by atoms with E-state index >= 15 is 0 Å². The first-order valence-electron chi connectivity index (χ1n) is 11.8. The summed E-state index contributed by atoms with van der Waals surface area (Å²) < 4.78 is 10.6. The molecule has 0 aliphatic carbocycles. The number of rotatable bonds is 9. The molecule has 8 nitrogen and oxygen atoms in total. The number of hydrogen-bond donors (Lipinski definition) is 2. The first kappa shape index (κ1) is 23.6. The highest BCUT2D eigenvalue weighted by Crippen LogP contribution is 2.28. The van der Waals surface area contributed by atoms with Crippen LogP contribution in [0.25, 0.3) is 10.9 Å². The number of H-pyrrole nitrogens is 1. The molecule has 2 N–H and O–H groups in total. The number of methoxy groups -OCH3 is 2. The second kappa shape index (κ2) is 11.0. The van der Waals surface area contributed by atoms with Crippen LogP contribution in [-0.4, -0.2) is 60.5 Å². The maximum absolute atomic E-state index is 13.0. The molecule has 180 valence electrons. The van der Waals surface area contributed by atoms with Gasteiger partial charge < -0.3 is 24.7 Å². The van der Waals surface area contributed by atoms with Gasteiger partial charge in [-0.3, -0.25) is 14.6 Å². The molecule has 2 aromatic heterocycles. The summed E-state index contributed by atoms with van der Waals surface area (Å²) in [6, 6.07) is 9.00. The third kappa shape index (κ3) is 5.50. The number of fused-ring (bicyclic) bond motifs is 1. The third-order valence-corrected chi connectivity index (χ3v) is 6.53. The maximum Gasteiger partial charge on any atom is 0.267 e. The molecule has 3 heterocycles. The fraction of sp³-hybridized carbons (Fsp3) is 0.423. The number of likely N-dealkylation sites (tertiary alicyclic amines) is 1. The number of ether oxygens (including phenoxy) is 2. The number of unbranched alkanes of at least 4 members (excludes halogenated alkanes) is 1. The molecule has 0 radical (unpaired) electrons. The average Bonchev–Trinajstić information content (AvgIpc) is 3.32. The second-order valence-corrected chi connectivity index (χ2v) is 8.70. The molecule has 8 heteroatoms. The van der Waals surface area contributed by atoms with Crippen LogP contribution in [-0.2, 0) is 0 Å². The van der Waals surface area contributed by atoms with Crippen molar-refractivity contribution in [2.75, 3.05) is 33.9 Å². The predicted molar refractivity (Wildman–Crippen MR) is 130 cm³/mol. The molecule has 1 aliphatic rings. The Labute approximate surface area is 199 Å². The number of carbonyl (C=O) groups excluding carboxylic acids is 2. The van der Waals surface area contributed by atoms with E-state index in [1.54, 1.807) is 44.8 Å². The van der Waals surface area contributed by atoms with Gasteiger partial charge >= 0.3 is 0 Å². The summed E-state index contributed by atoms with van der Waals surface area (Å²) in [6.07, 6.45) is 8.54. The summed E-state index contributed by atoms with van der Waals surface area (Å²) in [5.41, 5.74) is 2.02. The lowest BCUT2D eigenvalue weighted by molar-refractivity contribution is 0.0682. The van der Waals surface area contributed by atoms with E-state index < -0.39 is 0 Å². The lowest BCUT2D eigenvalue weighted by atomic mass is 9.91. The van der Waals surface area contributed by atoms with Crippen molar-refractivity contribution < 1.29 is 19.1 Å². The highest BCUT2D eigenvalue weighted by Gasteiger charge is 2.25. The number of hydrogen-bond acceptors (Lipinski definition) is 5. The second-order valence-electron chi connectivity index (χ2n) is 8.70. The quantitative estimate of drug-likeness (QED) is 0.466. The summed E-state index contributed by atoms with van der Waals surface area (Å²) >= 11 is 0. The number of aromatic nitrogens is 2. The van der Waals surface area contributed by atoms with Crippen molar-refractivity contribution in [2.24, 2.45) is 5.92 Å². The molecular formula is C26H32N4O4. The van der Waals surface area contributed by atoms with Gasteiger partial charge in [0.2, 0.25) is 0 Å². The Morgan fingerprint density at radius 3 is 2.68 bits per heavy atom. The van der Waals surface area contributed by atoms with Gasteiger partial charge in [0, 0.05) is 42.9 Å². The van der Waals surface area contributed by atoms with E-state index in [9.17, 15) is 9.59 Å². The zero-order chi connectivity index (χ0) is 23.9. The van der Waals surface area contributed by atoms with Crippen LogP contribution < -0.4 is 14.8 Å². The van der Waals surface area contributed by atoms with E-state index in [0.717, 1.165) is 56.1 Å². The molecule has 0 bridgehead atoms. The minimum atomic E-state index is -0.0870. The van der Waals surface area contributed by atoms with Crippen LogP contribution in [0.4, 0.5) is 0 Å². The summed E-state index contributed by atoms with van der Waals surface area (Å²) in [5.74, 6) is 1.72. The lowest BCUT2D eigenvalue weighted by Crippen LogP contribution is -2.38. The zero-order valence-corrected chi connectivity index (χ0v) is 19.8. The Morgan fingerprint density at radius 1 is 1.12 bits per heavy atom. The van der Waals surface area contributed by atoms with Gasteiger partial charge in [0.15, 0.2) is 0 Å². The van der Waals surface area contributed by atoms with E-state index in [0.29, 0.717) is 35.2 Å². The predicted octanol–water partition coefficient (Wildman–Crippen LogP) is 4.03. The van der Waals surface area contributed by atoms with E-state index in [1.807, 2.05) is 17.0 Å². The molecule has 1 aromatic carbocycles. The molecule has 4 rings (SSSR count). The number of aromatic amines is 1. The number of piperidine rings is 1. The summed E-state index contributed by atoms with van der Waals surface area (Å²) in [4.78, 5) is 34.5. The van der Waals surface area contributed by atoms with Crippen molar-refractivity contribution in [3.8, 4) is 11.5 Å². The van der Waals surface area contributed by atoms with Crippen LogP contribution in [0.15, 0.2) is 42.7 Å². The molecule has 0 unspecified atom stereocenters. The molecule has 0 spiro atoms. The van der Waals surface area contributed by atoms with Gasteiger partial charge in [-0.2, -0.15) is 0 Å². The van der Waals surface area contributed by atoms with Crippen molar-refractivity contribution in [3.63, 3.8) is 0 Å². The van der Waals surface area contributed by atoms with Gasteiger partial charge in [-0.25, -0.2) is 0 Å². The van der Waals surface area contributed by atoms with Crippen LogP contribution in [0.5, 0.6) is 11.5 Å². The molecule has 3 aromatic rings. The first-order valence-corrected chi connectivity index (χ1v) is 11.8. The molecule has 0 atom stereocenters. The van der Waals surface area contributed by atoms with Gasteiger partial charge in [0.1, 0.15) is 17.2 Å². The fourth-order valence-corrected chi connectivity index (χ4v) is 4.53. The van der Waals surface area contributed by atoms with Crippen LogP contribution >= 0.6 is 0 Å². The molecule has 2 amide bonds. The van der Waals surface area contributed by atoms with Gasteiger partial charge in [0.25, 0.3) is 11.8 Å². The zero-order valence-electron chi connectivity index (χ0n) is 19.8. The number of nitrogens with one attached hydrogen (secondary N) is 2. The largest absolute Gasteiger partial charge is 0.497 e. The average molecular weight is 465 g/mol. The molecule has 1 saturated heterocycles. The van der Waals surface area contributed by atoms with Gasteiger partial charge in [-0.05, 0) is 55.5 Å². The Hall–Kier alpha value is -3.55. The minimum Gasteiger partial charge on any atom is -0.497 e. The van der Waals surface area contributed by atoms with Gasteiger partial charge in [-0.15, -0.1) is 0 Å². The highest BCUT2D eigenvalue weighted by molar-refractivity contribution is 5.98. The van der Waals surface area contributed by atoms with Crippen LogP contribution in [0.2, 0.25) is 0 Å². The standard InChI is InChI=1S/C26H32N4O4/c1-33-20-6-7-24(34-2)21(16-20)26(32)30-13-9-18(10-14-30)5-3-4-11-28-25(31)23-15-19-17-27-12-8-22(19)29-23/h6-8,12,15-18,29H,3-5,9-11,13-14H2,1-2H3,(H,28,31). The van der Waals surface area contributed by atoms with Crippen molar-refractivity contribution in [1.82, 2.24) is 20.2 Å². The Morgan fingerprint density at radius 2 is 1.94 bits per heavy atom. The van der Waals surface area contributed by atoms with E-state index in [4.69, 9.17) is 9.47 Å².